The van der Waals surface area contributed by atoms with Gasteiger partial charge in [-0.1, -0.05) is 30.3 Å². The summed E-state index contributed by atoms with van der Waals surface area (Å²) in [5.74, 6) is -0.549. The van der Waals surface area contributed by atoms with Crippen molar-refractivity contribution in [1.82, 2.24) is 25.6 Å². The van der Waals surface area contributed by atoms with Crippen molar-refractivity contribution in [2.75, 3.05) is 32.7 Å². The molecule has 5 amide bonds. The Morgan fingerprint density at radius 1 is 1.10 bits per heavy atom. The number of piperazine rings is 1. The van der Waals surface area contributed by atoms with Gasteiger partial charge in [-0.3, -0.25) is 24.7 Å². The maximum atomic E-state index is 12.8. The maximum Gasteiger partial charge on any atom is 0.344 e. The number of amides is 5. The van der Waals surface area contributed by atoms with Crippen LogP contribution in [-0.4, -0.2) is 71.3 Å². The molecule has 2 saturated heterocycles. The van der Waals surface area contributed by atoms with E-state index in [0.717, 1.165) is 17.9 Å². The Balaban J connectivity index is 1.31. The largest absolute Gasteiger partial charge is 0.344 e. The van der Waals surface area contributed by atoms with Crippen LogP contribution in [0.2, 0.25) is 0 Å². The molecule has 1 aromatic carbocycles. The Hall–Kier alpha value is -2.94. The third-order valence-corrected chi connectivity index (χ3v) is 5.76. The first-order chi connectivity index (χ1) is 13.9. The lowest BCUT2D eigenvalue weighted by Crippen LogP contribution is -2.54. The molecule has 29 heavy (non-hydrogen) atoms. The van der Waals surface area contributed by atoms with Crippen LogP contribution in [0.15, 0.2) is 30.3 Å². The van der Waals surface area contributed by atoms with Gasteiger partial charge >= 0.3 is 6.03 Å². The fourth-order valence-corrected chi connectivity index (χ4v) is 3.79. The molecular formula is C20H25N5O4. The standard InChI is InChI=1S/C20H25N5O4/c1-20(15-5-3-2-4-6-15)18(28)25(19(29)21-20)22-16(26)13-23-9-11-24(12-10-23)17(27)14-7-8-14/h2-6,14H,7-13H2,1H3,(H,21,29)(H,22,26)/t20-/m1/s1. The van der Waals surface area contributed by atoms with E-state index >= 15 is 0 Å². The van der Waals surface area contributed by atoms with E-state index in [1.807, 2.05) is 15.9 Å². The normalized spacial score (nSPS) is 25.1. The zero-order valence-corrected chi connectivity index (χ0v) is 16.4. The Bertz CT molecular complexity index is 833. The summed E-state index contributed by atoms with van der Waals surface area (Å²) in [6, 6.07) is 8.25. The minimum absolute atomic E-state index is 0.0601. The van der Waals surface area contributed by atoms with Gasteiger partial charge in [-0.2, -0.15) is 5.01 Å². The topological polar surface area (TPSA) is 102 Å². The van der Waals surface area contributed by atoms with Gasteiger partial charge in [0, 0.05) is 32.1 Å². The van der Waals surface area contributed by atoms with Crippen LogP contribution in [0.5, 0.6) is 0 Å². The van der Waals surface area contributed by atoms with Gasteiger partial charge in [-0.25, -0.2) is 4.79 Å². The summed E-state index contributed by atoms with van der Waals surface area (Å²) in [7, 11) is 0. The second kappa shape index (κ2) is 7.47. The molecule has 2 N–H and O–H groups in total. The summed E-state index contributed by atoms with van der Waals surface area (Å²) in [6.07, 6.45) is 1.96. The van der Waals surface area contributed by atoms with Gasteiger partial charge in [0.1, 0.15) is 5.54 Å². The first-order valence-electron chi connectivity index (χ1n) is 9.91. The third kappa shape index (κ3) is 3.82. The Labute approximate surface area is 169 Å². The van der Waals surface area contributed by atoms with Crippen molar-refractivity contribution in [1.29, 1.82) is 0 Å². The van der Waals surface area contributed by atoms with Crippen LogP contribution in [0, 0.1) is 5.92 Å². The van der Waals surface area contributed by atoms with Crippen molar-refractivity contribution in [2.24, 2.45) is 5.92 Å². The molecule has 0 radical (unpaired) electrons. The Morgan fingerprint density at radius 2 is 1.76 bits per heavy atom. The molecule has 0 spiro atoms. The number of benzene rings is 1. The van der Waals surface area contributed by atoms with E-state index in [4.69, 9.17) is 0 Å². The lowest BCUT2D eigenvalue weighted by atomic mass is 9.92. The zero-order chi connectivity index (χ0) is 20.6. The number of carbonyl (C=O) groups excluding carboxylic acids is 4. The van der Waals surface area contributed by atoms with E-state index in [2.05, 4.69) is 10.7 Å². The van der Waals surface area contributed by atoms with E-state index in [1.54, 1.807) is 31.2 Å². The van der Waals surface area contributed by atoms with Gasteiger partial charge in [0.05, 0.1) is 6.54 Å². The number of hydrazine groups is 1. The Kier molecular flexibility index (Phi) is 4.99. The van der Waals surface area contributed by atoms with Crippen LogP contribution in [-0.2, 0) is 19.9 Å². The quantitative estimate of drug-likeness (QED) is 0.681. The fourth-order valence-electron chi connectivity index (χ4n) is 3.79. The number of carbonyl (C=O) groups is 4. The highest BCUT2D eigenvalue weighted by molar-refractivity contribution is 6.08. The van der Waals surface area contributed by atoms with Gasteiger partial charge in [-0.15, -0.1) is 0 Å². The van der Waals surface area contributed by atoms with E-state index in [-0.39, 0.29) is 18.4 Å². The molecule has 4 rings (SSSR count). The highest BCUT2D eigenvalue weighted by atomic mass is 16.2. The number of hydrogen-bond donors (Lipinski definition) is 2. The molecule has 3 fully saturated rings. The summed E-state index contributed by atoms with van der Waals surface area (Å²) in [5, 5.41) is 3.41. The minimum atomic E-state index is -1.22. The molecule has 1 aromatic rings. The van der Waals surface area contributed by atoms with Gasteiger partial charge < -0.3 is 10.2 Å². The second-order valence-electron chi connectivity index (χ2n) is 7.97. The SMILES string of the molecule is C[C@]1(c2ccccc2)NC(=O)N(NC(=O)CN2CCN(C(=O)C3CC3)CC2)C1=O. The first kappa shape index (κ1) is 19.4. The average molecular weight is 399 g/mol. The molecule has 1 atom stereocenters. The van der Waals surface area contributed by atoms with Crippen LogP contribution in [0.3, 0.4) is 0 Å². The summed E-state index contributed by atoms with van der Waals surface area (Å²) in [5.41, 5.74) is 1.85. The average Bonchev–Trinajstić information content (AvgIpc) is 3.54. The van der Waals surface area contributed by atoms with Crippen LogP contribution in [0.1, 0.15) is 25.3 Å². The number of rotatable bonds is 5. The van der Waals surface area contributed by atoms with E-state index in [0.29, 0.717) is 31.7 Å². The predicted octanol–water partition coefficient (Wildman–Crippen LogP) is 0.0390. The van der Waals surface area contributed by atoms with Gasteiger partial charge in [0.2, 0.25) is 5.91 Å². The van der Waals surface area contributed by atoms with Gasteiger partial charge in [-0.05, 0) is 25.3 Å². The molecule has 9 heteroatoms. The number of urea groups is 1. The molecule has 1 saturated carbocycles. The number of nitrogens with one attached hydrogen (secondary N) is 2. The molecule has 3 aliphatic rings. The molecule has 0 bridgehead atoms. The van der Waals surface area contributed by atoms with Crippen molar-refractivity contribution in [3.63, 3.8) is 0 Å². The van der Waals surface area contributed by atoms with Crippen molar-refractivity contribution >= 4 is 23.8 Å². The highest BCUT2D eigenvalue weighted by Crippen LogP contribution is 2.31. The third-order valence-electron chi connectivity index (χ3n) is 5.76. The van der Waals surface area contributed by atoms with Crippen LogP contribution in [0.4, 0.5) is 4.79 Å². The minimum Gasteiger partial charge on any atom is -0.340 e. The fraction of sp³-hybridized carbons (Fsp3) is 0.500. The number of imide groups is 1. The monoisotopic (exact) mass is 399 g/mol. The lowest BCUT2D eigenvalue weighted by molar-refractivity contribution is -0.140. The van der Waals surface area contributed by atoms with Crippen molar-refractivity contribution in [2.45, 2.75) is 25.3 Å². The summed E-state index contributed by atoms with van der Waals surface area (Å²) in [4.78, 5) is 53.4. The molecule has 2 heterocycles. The van der Waals surface area contributed by atoms with Crippen LogP contribution in [0.25, 0.3) is 0 Å². The number of nitrogens with zero attached hydrogens (tertiary/aromatic N) is 3. The van der Waals surface area contributed by atoms with Gasteiger partial charge in [0.25, 0.3) is 11.8 Å². The molecule has 0 unspecified atom stereocenters. The van der Waals surface area contributed by atoms with Crippen molar-refractivity contribution < 1.29 is 19.2 Å². The summed E-state index contributed by atoms with van der Waals surface area (Å²) in [6.45, 7) is 4.05. The molecule has 9 nitrogen and oxygen atoms in total. The summed E-state index contributed by atoms with van der Waals surface area (Å²) < 4.78 is 0. The van der Waals surface area contributed by atoms with Crippen molar-refractivity contribution in [3.8, 4) is 0 Å². The first-order valence-corrected chi connectivity index (χ1v) is 9.91. The second-order valence-corrected chi connectivity index (χ2v) is 7.97. The van der Waals surface area contributed by atoms with Crippen molar-refractivity contribution in [3.05, 3.63) is 35.9 Å². The molecule has 1 aliphatic carbocycles. The van der Waals surface area contributed by atoms with Crippen LogP contribution >= 0.6 is 0 Å². The van der Waals surface area contributed by atoms with Gasteiger partial charge in [0.15, 0.2) is 0 Å². The highest BCUT2D eigenvalue weighted by Gasteiger charge is 2.50. The zero-order valence-electron chi connectivity index (χ0n) is 16.4. The Morgan fingerprint density at radius 3 is 2.38 bits per heavy atom. The smallest absolute Gasteiger partial charge is 0.340 e. The number of hydrogen-bond acceptors (Lipinski definition) is 5. The van der Waals surface area contributed by atoms with Crippen LogP contribution < -0.4 is 10.7 Å². The van der Waals surface area contributed by atoms with E-state index in [9.17, 15) is 19.2 Å². The predicted molar refractivity (Wildman–Crippen MR) is 103 cm³/mol. The summed E-state index contributed by atoms with van der Waals surface area (Å²) >= 11 is 0. The molecular weight excluding hydrogens is 374 g/mol. The maximum absolute atomic E-state index is 12.8. The molecule has 154 valence electrons. The molecule has 2 aliphatic heterocycles. The lowest BCUT2D eigenvalue weighted by Gasteiger charge is -2.34. The van der Waals surface area contributed by atoms with E-state index < -0.39 is 23.4 Å². The van der Waals surface area contributed by atoms with E-state index in [1.165, 1.54) is 0 Å². The molecule has 0 aromatic heterocycles.